The fourth-order valence-corrected chi connectivity index (χ4v) is 8.05. The largest absolute Gasteiger partial charge is 0.394 e. The van der Waals surface area contributed by atoms with E-state index < -0.39 is 36.3 Å². The van der Waals surface area contributed by atoms with Gasteiger partial charge in [-0.3, -0.25) is 0 Å². The van der Waals surface area contributed by atoms with E-state index in [2.05, 4.69) is 27.7 Å². The van der Waals surface area contributed by atoms with Gasteiger partial charge >= 0.3 is 0 Å². The van der Waals surface area contributed by atoms with Gasteiger partial charge in [-0.25, -0.2) is 0 Å². The highest BCUT2D eigenvalue weighted by molar-refractivity contribution is 5.11. The van der Waals surface area contributed by atoms with Gasteiger partial charge in [-0.1, -0.05) is 27.2 Å². The Hall–Kier alpha value is -0.280. The maximum atomic E-state index is 10.3. The van der Waals surface area contributed by atoms with Gasteiger partial charge in [0.1, 0.15) is 24.4 Å². The Balaban J connectivity index is 1.52. The summed E-state index contributed by atoms with van der Waals surface area (Å²) in [6.07, 6.45) is 1.95. The van der Waals surface area contributed by atoms with Gasteiger partial charge < -0.3 is 34.6 Å². The van der Waals surface area contributed by atoms with Crippen molar-refractivity contribution in [2.45, 2.75) is 121 Å². The van der Waals surface area contributed by atoms with Gasteiger partial charge in [0.05, 0.1) is 24.4 Å². The van der Waals surface area contributed by atoms with Crippen molar-refractivity contribution in [3.8, 4) is 0 Å². The zero-order valence-corrected chi connectivity index (χ0v) is 20.4. The molecule has 2 saturated carbocycles. The Bertz CT molecular complexity index is 685. The van der Waals surface area contributed by atoms with Crippen molar-refractivity contribution in [1.29, 1.82) is 0 Å². The Morgan fingerprint density at radius 1 is 0.906 bits per heavy atom. The van der Waals surface area contributed by atoms with Crippen LogP contribution in [0.1, 0.15) is 79.6 Å². The third kappa shape index (κ3) is 3.96. The van der Waals surface area contributed by atoms with Crippen LogP contribution in [0.25, 0.3) is 0 Å². The van der Waals surface area contributed by atoms with Crippen LogP contribution in [0.3, 0.4) is 0 Å². The number of hydrogen-bond acceptors (Lipinski definition) is 7. The average Bonchev–Trinajstić information content (AvgIpc) is 2.70. The summed E-state index contributed by atoms with van der Waals surface area (Å²) in [7, 11) is 0. The van der Waals surface area contributed by atoms with Crippen LogP contribution in [0.5, 0.6) is 0 Å². The summed E-state index contributed by atoms with van der Waals surface area (Å²) in [4.78, 5) is 0. The zero-order chi connectivity index (χ0) is 23.5. The molecule has 4 fully saturated rings. The van der Waals surface area contributed by atoms with Crippen LogP contribution < -0.4 is 0 Å². The van der Waals surface area contributed by atoms with E-state index in [1.54, 1.807) is 0 Å². The minimum atomic E-state index is -1.39. The minimum Gasteiger partial charge on any atom is -0.394 e. The minimum absolute atomic E-state index is 0.131. The molecule has 2 saturated heterocycles. The lowest BCUT2D eigenvalue weighted by atomic mass is 9.44. The molecule has 186 valence electrons. The van der Waals surface area contributed by atoms with Crippen LogP contribution in [0, 0.1) is 22.7 Å². The fourth-order valence-electron chi connectivity index (χ4n) is 8.05. The van der Waals surface area contributed by atoms with Gasteiger partial charge in [0.15, 0.2) is 6.29 Å². The predicted octanol–water partition coefficient (Wildman–Crippen LogP) is 2.37. The highest BCUT2D eigenvalue weighted by Gasteiger charge is 2.62. The third-order valence-corrected chi connectivity index (χ3v) is 9.73. The van der Waals surface area contributed by atoms with Crippen LogP contribution in [-0.4, -0.2) is 75.5 Å². The van der Waals surface area contributed by atoms with Crippen LogP contribution in [0.15, 0.2) is 0 Å². The van der Waals surface area contributed by atoms with Gasteiger partial charge in [-0.2, -0.15) is 0 Å². The summed E-state index contributed by atoms with van der Waals surface area (Å²) in [5.41, 5.74) is -0.443. The summed E-state index contributed by atoms with van der Waals surface area (Å²) in [6, 6.07) is 0. The number of aliphatic hydroxyl groups is 4. The van der Waals surface area contributed by atoms with Gasteiger partial charge in [0.25, 0.3) is 0 Å². The smallest absolute Gasteiger partial charge is 0.186 e. The molecule has 0 amide bonds. The van der Waals surface area contributed by atoms with Crippen molar-refractivity contribution in [2.75, 3.05) is 13.2 Å². The summed E-state index contributed by atoms with van der Waals surface area (Å²) < 4.78 is 18.3. The lowest BCUT2D eigenvalue weighted by Crippen LogP contribution is -2.66. The summed E-state index contributed by atoms with van der Waals surface area (Å²) in [5.74, 6) is 1.15. The molecule has 0 unspecified atom stereocenters. The second-order valence-corrected chi connectivity index (χ2v) is 12.3. The topological polar surface area (TPSA) is 109 Å². The molecule has 0 aromatic heterocycles. The van der Waals surface area contributed by atoms with Crippen LogP contribution in [-0.2, 0) is 14.2 Å². The van der Waals surface area contributed by atoms with Crippen molar-refractivity contribution in [3.63, 3.8) is 0 Å². The van der Waals surface area contributed by atoms with Gasteiger partial charge in [-0.15, -0.1) is 0 Å². The molecule has 7 heteroatoms. The molecular weight excluding hydrogens is 412 g/mol. The van der Waals surface area contributed by atoms with E-state index in [1.807, 2.05) is 6.92 Å². The maximum absolute atomic E-state index is 10.3. The molecule has 0 aromatic rings. The molecule has 4 rings (SSSR count). The second-order valence-electron chi connectivity index (χ2n) is 12.3. The Morgan fingerprint density at radius 2 is 1.59 bits per heavy atom. The van der Waals surface area contributed by atoms with E-state index >= 15 is 0 Å². The number of hydrogen-bond donors (Lipinski definition) is 4. The Morgan fingerprint density at radius 3 is 2.28 bits per heavy atom. The Labute approximate surface area is 192 Å². The highest BCUT2D eigenvalue weighted by atomic mass is 16.7. The van der Waals surface area contributed by atoms with Gasteiger partial charge in [0.2, 0.25) is 0 Å². The monoisotopic (exact) mass is 456 g/mol. The first-order valence-corrected chi connectivity index (χ1v) is 12.5. The third-order valence-electron chi connectivity index (χ3n) is 9.73. The average molecular weight is 457 g/mol. The predicted molar refractivity (Wildman–Crippen MR) is 119 cm³/mol. The van der Waals surface area contributed by atoms with Gasteiger partial charge in [0, 0.05) is 0 Å². The van der Waals surface area contributed by atoms with Crippen LogP contribution in [0.2, 0.25) is 0 Å². The first kappa shape index (κ1) is 24.8. The zero-order valence-electron chi connectivity index (χ0n) is 20.4. The molecule has 0 bridgehead atoms. The number of fused-ring (bicyclic) bond motifs is 3. The molecule has 2 aliphatic heterocycles. The molecule has 32 heavy (non-hydrogen) atoms. The molecular formula is C25H44O7. The van der Waals surface area contributed by atoms with E-state index in [0.717, 1.165) is 25.7 Å². The van der Waals surface area contributed by atoms with Crippen LogP contribution in [0.4, 0.5) is 0 Å². The summed E-state index contributed by atoms with van der Waals surface area (Å²) in [6.45, 7) is 11.1. The van der Waals surface area contributed by atoms with Gasteiger partial charge in [-0.05, 0) is 75.0 Å². The van der Waals surface area contributed by atoms with Crippen molar-refractivity contribution in [2.24, 2.45) is 22.7 Å². The van der Waals surface area contributed by atoms with Crippen LogP contribution >= 0.6 is 0 Å². The molecule has 2 aliphatic carbocycles. The molecule has 4 N–H and O–H groups in total. The van der Waals surface area contributed by atoms with Crippen molar-refractivity contribution >= 4 is 0 Å². The molecule has 0 spiro atoms. The summed E-state index contributed by atoms with van der Waals surface area (Å²) >= 11 is 0. The standard InChI is InChI=1S/C25H44O7/c1-22(2)9-6-10-23(3)16(22)7-11-24(4)17(23)8-12-25(5,32-24)18(13-26)31-21-20(29)19(28)15(27)14-30-21/h15-21,26-29H,6-14H2,1-5H3/t15-,16+,17-,18+,19-,20+,21+,23+,24-,25+/m1/s1. The molecule has 7 nitrogen and oxygen atoms in total. The maximum Gasteiger partial charge on any atom is 0.186 e. The van der Waals surface area contributed by atoms with Crippen molar-refractivity contribution in [1.82, 2.24) is 0 Å². The first-order valence-electron chi connectivity index (χ1n) is 12.5. The van der Waals surface area contributed by atoms with E-state index in [0.29, 0.717) is 17.3 Å². The molecule has 2 heterocycles. The molecule has 10 atom stereocenters. The lowest BCUT2D eigenvalue weighted by molar-refractivity contribution is -0.333. The Kier molecular flexibility index (Phi) is 6.55. The normalized spacial score (nSPS) is 52.0. The molecule has 4 aliphatic rings. The second kappa shape index (κ2) is 8.43. The number of ether oxygens (including phenoxy) is 3. The highest BCUT2D eigenvalue weighted by Crippen LogP contribution is 2.65. The first-order chi connectivity index (χ1) is 14.9. The van der Waals surface area contributed by atoms with Crippen molar-refractivity contribution < 1.29 is 34.6 Å². The van der Waals surface area contributed by atoms with E-state index in [-0.39, 0.29) is 24.2 Å². The van der Waals surface area contributed by atoms with E-state index in [9.17, 15) is 20.4 Å². The SMILES string of the molecule is CC1(C)CCC[C@]2(C)[C@H]3CC[C@@](C)([C@H](CO)O[C@@H]4OC[C@@H](O)[C@@H](O)[C@@H]4O)O[C@]3(C)CC[C@@H]12. The quantitative estimate of drug-likeness (QED) is 0.514. The number of rotatable bonds is 4. The van der Waals surface area contributed by atoms with E-state index in [4.69, 9.17) is 14.2 Å². The molecule has 0 aromatic carbocycles. The lowest BCUT2D eigenvalue weighted by Gasteiger charge is -2.65. The summed E-state index contributed by atoms with van der Waals surface area (Å²) in [5, 5.41) is 40.2. The fraction of sp³-hybridized carbons (Fsp3) is 1.00. The molecule has 0 radical (unpaired) electrons. The number of aliphatic hydroxyl groups excluding tert-OH is 4. The van der Waals surface area contributed by atoms with E-state index in [1.165, 1.54) is 19.3 Å². The van der Waals surface area contributed by atoms with Crippen molar-refractivity contribution in [3.05, 3.63) is 0 Å².